The molecule has 0 fully saturated rings. The molecule has 198 valence electrons. The van der Waals surface area contributed by atoms with E-state index in [-0.39, 0.29) is 24.2 Å². The Morgan fingerprint density at radius 3 is 2.44 bits per heavy atom. The zero-order chi connectivity index (χ0) is 26.0. The van der Waals surface area contributed by atoms with Gasteiger partial charge >= 0.3 is 5.97 Å². The van der Waals surface area contributed by atoms with Gasteiger partial charge < -0.3 is 19.9 Å². The molecule has 3 rings (SSSR count). The van der Waals surface area contributed by atoms with Gasteiger partial charge in [-0.3, -0.25) is 4.79 Å². The van der Waals surface area contributed by atoms with Crippen LogP contribution in [0.4, 0.5) is 0 Å². The summed E-state index contributed by atoms with van der Waals surface area (Å²) in [5.41, 5.74) is 5.31. The van der Waals surface area contributed by atoms with Crippen molar-refractivity contribution >= 4 is 5.97 Å². The van der Waals surface area contributed by atoms with E-state index >= 15 is 0 Å². The van der Waals surface area contributed by atoms with Crippen molar-refractivity contribution in [3.63, 3.8) is 0 Å². The number of nitrogens with one attached hydrogen (secondary N) is 1. The highest BCUT2D eigenvalue weighted by Gasteiger charge is 2.28. The average molecular weight is 496 g/mol. The van der Waals surface area contributed by atoms with Crippen molar-refractivity contribution in [2.24, 2.45) is 5.92 Å². The normalized spacial score (nSPS) is 15.5. The van der Waals surface area contributed by atoms with Crippen molar-refractivity contribution in [1.29, 1.82) is 0 Å². The molecule has 0 bridgehead atoms. The van der Waals surface area contributed by atoms with Crippen molar-refractivity contribution in [2.75, 3.05) is 19.8 Å². The van der Waals surface area contributed by atoms with Crippen LogP contribution in [0, 0.1) is 5.92 Å². The number of hydrogen-bond acceptors (Lipinski definition) is 5. The maximum Gasteiger partial charge on any atom is 0.305 e. The van der Waals surface area contributed by atoms with Crippen LogP contribution in [0.5, 0.6) is 0 Å². The quantitative estimate of drug-likeness (QED) is 0.250. The number of benzene rings is 2. The molecule has 2 aromatic rings. The molecular formula is C31H45NO4. The summed E-state index contributed by atoms with van der Waals surface area (Å²) in [7, 11) is 0. The maximum absolute atomic E-state index is 11.6. The van der Waals surface area contributed by atoms with Crippen LogP contribution in [-0.4, -0.2) is 42.5 Å². The van der Waals surface area contributed by atoms with Gasteiger partial charge in [-0.15, -0.1) is 0 Å². The summed E-state index contributed by atoms with van der Waals surface area (Å²) in [4.78, 5) is 11.6. The number of hydrogen-bond donors (Lipinski definition) is 2. The van der Waals surface area contributed by atoms with E-state index in [1.54, 1.807) is 0 Å². The first-order chi connectivity index (χ1) is 17.3. The zero-order valence-corrected chi connectivity index (χ0v) is 22.6. The highest BCUT2D eigenvalue weighted by Crippen LogP contribution is 2.32. The van der Waals surface area contributed by atoms with Crippen molar-refractivity contribution < 1.29 is 19.4 Å². The van der Waals surface area contributed by atoms with Crippen LogP contribution >= 0.6 is 0 Å². The second-order valence-corrected chi connectivity index (χ2v) is 10.9. The summed E-state index contributed by atoms with van der Waals surface area (Å²) in [5.74, 6) is 0.522. The Balaban J connectivity index is 1.39. The Morgan fingerprint density at radius 1 is 1.08 bits per heavy atom. The maximum atomic E-state index is 11.6. The van der Waals surface area contributed by atoms with Crippen LogP contribution in [0.25, 0.3) is 0 Å². The third-order valence-electron chi connectivity index (χ3n) is 7.16. The fraction of sp³-hybridized carbons (Fsp3) is 0.581. The number of esters is 1. The first-order valence-electron chi connectivity index (χ1n) is 13.6. The van der Waals surface area contributed by atoms with Gasteiger partial charge in [0.25, 0.3) is 0 Å². The molecule has 2 atom stereocenters. The summed E-state index contributed by atoms with van der Waals surface area (Å²) in [5, 5.41) is 14.2. The van der Waals surface area contributed by atoms with Gasteiger partial charge in [-0.1, -0.05) is 48.5 Å². The lowest BCUT2D eigenvalue weighted by atomic mass is 9.88. The number of β-amino-alcohol motifs (C(OH)–C–C–N with tert-alkyl or cyclic N) is 1. The third-order valence-corrected chi connectivity index (χ3v) is 7.16. The van der Waals surface area contributed by atoms with Crippen LogP contribution in [0.3, 0.4) is 0 Å². The predicted octanol–water partition coefficient (Wildman–Crippen LogP) is 5.57. The fourth-order valence-corrected chi connectivity index (χ4v) is 5.36. The van der Waals surface area contributed by atoms with E-state index in [2.05, 4.69) is 55.6 Å². The predicted molar refractivity (Wildman–Crippen MR) is 145 cm³/mol. The van der Waals surface area contributed by atoms with E-state index in [0.29, 0.717) is 25.5 Å². The topological polar surface area (TPSA) is 67.8 Å². The molecular weight excluding hydrogens is 450 g/mol. The number of rotatable bonds is 15. The summed E-state index contributed by atoms with van der Waals surface area (Å²) in [6, 6.07) is 17.1. The Hall–Kier alpha value is -2.21. The molecule has 0 saturated carbocycles. The number of aliphatic hydroxyl groups is 1. The Labute approximate surface area is 217 Å². The highest BCUT2D eigenvalue weighted by molar-refractivity contribution is 5.69. The molecule has 36 heavy (non-hydrogen) atoms. The minimum Gasteiger partial charge on any atom is -0.466 e. The zero-order valence-electron chi connectivity index (χ0n) is 22.6. The second kappa shape index (κ2) is 13.9. The van der Waals surface area contributed by atoms with E-state index < -0.39 is 6.10 Å². The number of ether oxygens (including phenoxy) is 2. The van der Waals surface area contributed by atoms with Crippen LogP contribution in [0.15, 0.2) is 48.5 Å². The van der Waals surface area contributed by atoms with E-state index in [4.69, 9.17) is 9.47 Å². The Morgan fingerprint density at radius 2 is 1.75 bits per heavy atom. The van der Waals surface area contributed by atoms with E-state index in [0.717, 1.165) is 44.1 Å². The molecule has 0 saturated heterocycles. The number of fused-ring (bicyclic) bond motifs is 1. The first-order valence-corrected chi connectivity index (χ1v) is 13.6. The number of carbonyl (C=O) groups excluding carboxylic acids is 1. The van der Waals surface area contributed by atoms with Gasteiger partial charge in [-0.25, -0.2) is 0 Å². The van der Waals surface area contributed by atoms with Gasteiger partial charge in [-0.2, -0.15) is 0 Å². The van der Waals surface area contributed by atoms with Gasteiger partial charge in [0.05, 0.1) is 25.4 Å². The lowest BCUT2D eigenvalue weighted by molar-refractivity contribution is -0.143. The fourth-order valence-electron chi connectivity index (χ4n) is 5.36. The van der Waals surface area contributed by atoms with Crippen molar-refractivity contribution in [1.82, 2.24) is 5.32 Å². The lowest BCUT2D eigenvalue weighted by Gasteiger charge is -2.31. The van der Waals surface area contributed by atoms with Crippen molar-refractivity contribution in [2.45, 2.75) is 90.4 Å². The molecule has 0 heterocycles. The summed E-state index contributed by atoms with van der Waals surface area (Å²) in [6.07, 6.45) is 5.80. The summed E-state index contributed by atoms with van der Waals surface area (Å²) in [6.45, 7) is 9.56. The average Bonchev–Trinajstić information content (AvgIpc) is 3.26. The standard InChI is InChI=1S/C31H45NO4/c1-5-35-30(34)17-11-9-13-25-12-8-10-16-29(25)23(2)36-22-28(33)21-32-31(3,4)20-24-18-26-14-6-7-15-27(26)19-24/h6-8,10,12,14-16,23-24,28,32-33H,5,9,11,13,17-22H2,1-4H3/t23-,28+/m1/s1. The molecule has 1 aliphatic carbocycles. The molecule has 1 aliphatic rings. The third kappa shape index (κ3) is 9.02. The molecule has 0 unspecified atom stereocenters. The van der Waals surface area contributed by atoms with Gasteiger partial charge in [0.1, 0.15) is 0 Å². The minimum atomic E-state index is -0.566. The Kier molecular flexibility index (Phi) is 11.0. The molecule has 0 amide bonds. The van der Waals surface area contributed by atoms with Crippen LogP contribution in [0.1, 0.15) is 81.7 Å². The molecule has 0 spiro atoms. The monoisotopic (exact) mass is 495 g/mol. The second-order valence-electron chi connectivity index (χ2n) is 10.9. The number of carbonyl (C=O) groups is 1. The number of aliphatic hydroxyl groups excluding tert-OH is 1. The van der Waals surface area contributed by atoms with Crippen molar-refractivity contribution in [3.05, 3.63) is 70.8 Å². The summed E-state index contributed by atoms with van der Waals surface area (Å²) < 4.78 is 11.1. The molecule has 2 aromatic carbocycles. The summed E-state index contributed by atoms with van der Waals surface area (Å²) >= 11 is 0. The highest BCUT2D eigenvalue weighted by atomic mass is 16.5. The smallest absolute Gasteiger partial charge is 0.305 e. The molecule has 0 aromatic heterocycles. The molecule has 5 nitrogen and oxygen atoms in total. The lowest BCUT2D eigenvalue weighted by Crippen LogP contribution is -2.45. The molecule has 0 aliphatic heterocycles. The number of unbranched alkanes of at least 4 members (excludes halogenated alkanes) is 1. The van der Waals surface area contributed by atoms with Gasteiger partial charge in [0, 0.05) is 18.5 Å². The van der Waals surface area contributed by atoms with Crippen LogP contribution in [0.2, 0.25) is 0 Å². The van der Waals surface area contributed by atoms with Crippen molar-refractivity contribution in [3.8, 4) is 0 Å². The van der Waals surface area contributed by atoms with E-state index in [9.17, 15) is 9.90 Å². The SMILES string of the molecule is CCOC(=O)CCCCc1ccccc1[C@@H](C)OC[C@@H](O)CNC(C)(C)CC1Cc2ccccc2C1. The van der Waals surface area contributed by atoms with Gasteiger partial charge in [0.15, 0.2) is 0 Å². The van der Waals surface area contributed by atoms with Crippen LogP contribution in [-0.2, 0) is 33.5 Å². The largest absolute Gasteiger partial charge is 0.466 e. The number of aryl methyl sites for hydroxylation is 1. The Bertz CT molecular complexity index is 932. The molecule has 0 radical (unpaired) electrons. The van der Waals surface area contributed by atoms with Crippen LogP contribution < -0.4 is 5.32 Å². The first kappa shape index (κ1) is 28.4. The van der Waals surface area contributed by atoms with E-state index in [1.165, 1.54) is 16.7 Å². The van der Waals surface area contributed by atoms with Gasteiger partial charge in [-0.05, 0) is 94.4 Å². The molecule has 2 N–H and O–H groups in total. The molecule has 5 heteroatoms. The minimum absolute atomic E-state index is 0.0462. The van der Waals surface area contributed by atoms with Gasteiger partial charge in [0.2, 0.25) is 0 Å². The van der Waals surface area contributed by atoms with E-state index in [1.807, 2.05) is 26.0 Å².